The molecule has 35 heavy (non-hydrogen) atoms. The Morgan fingerprint density at radius 2 is 0.714 bits per heavy atom. The molecule has 9 nitrogen and oxygen atoms in total. The first-order valence-corrected chi connectivity index (χ1v) is 18.3. The lowest BCUT2D eigenvalue weighted by molar-refractivity contribution is 0.0893. The Bertz CT molecular complexity index is 719. The van der Waals surface area contributed by atoms with Crippen molar-refractivity contribution in [1.29, 1.82) is 0 Å². The predicted octanol–water partition coefficient (Wildman–Crippen LogP) is 8.85. The second-order valence-corrected chi connectivity index (χ2v) is 18.6. The highest BCUT2D eigenvalue weighted by atomic mass is 32.7. The van der Waals surface area contributed by atoms with Gasteiger partial charge in [-0.25, -0.2) is 4.57 Å². The van der Waals surface area contributed by atoms with Gasteiger partial charge >= 0.3 is 14.4 Å². The third-order valence-corrected chi connectivity index (χ3v) is 15.2. The standard InChI is InChI=1S/C22H49O9P3S/c1-15(2)25-32(23,26-16(3)4)22(35-34(24,30-20(11)12)31-21(13)14)33(27-17(5)6,28-18(7)8)29-19(9)10/h15-21H,1-14H3. The molecule has 0 heterocycles. The van der Waals surface area contributed by atoms with Gasteiger partial charge in [0.05, 0.1) is 42.7 Å². The topological polar surface area (TPSA) is 98.8 Å². The summed E-state index contributed by atoms with van der Waals surface area (Å²) in [6, 6.07) is 0. The Hall–Kier alpha value is 0.830. The Morgan fingerprint density at radius 3 is 0.943 bits per heavy atom. The fourth-order valence-electron chi connectivity index (χ4n) is 2.65. The smallest absolute Gasteiger partial charge is 0.313 e. The molecule has 0 spiro atoms. The van der Waals surface area contributed by atoms with Gasteiger partial charge in [0.2, 0.25) is 0 Å². The molecule has 0 aliphatic heterocycles. The van der Waals surface area contributed by atoms with Crippen LogP contribution in [0.25, 0.3) is 0 Å². The van der Waals surface area contributed by atoms with Crippen LogP contribution in [0.4, 0.5) is 0 Å². The van der Waals surface area contributed by atoms with Crippen molar-refractivity contribution in [3.8, 4) is 0 Å². The minimum absolute atomic E-state index is 0.0619. The van der Waals surface area contributed by atoms with Crippen molar-refractivity contribution in [2.24, 2.45) is 0 Å². The van der Waals surface area contributed by atoms with Crippen LogP contribution in [0.5, 0.6) is 0 Å². The molecule has 0 saturated heterocycles. The fourth-order valence-corrected chi connectivity index (χ4v) is 16.3. The second kappa shape index (κ2) is 15.4. The van der Waals surface area contributed by atoms with Gasteiger partial charge in [0.25, 0.3) is 7.57 Å². The van der Waals surface area contributed by atoms with E-state index in [9.17, 15) is 9.13 Å². The molecule has 0 saturated carbocycles. The third-order valence-electron chi connectivity index (χ3n) is 3.09. The molecule has 0 radical (unpaired) electrons. The summed E-state index contributed by atoms with van der Waals surface area (Å²) < 4.78 is 71.1. The molecule has 0 fully saturated rings. The van der Waals surface area contributed by atoms with E-state index in [1.165, 1.54) is 0 Å². The summed E-state index contributed by atoms with van der Waals surface area (Å²) in [6.45, 7) is 20.9. The normalized spacial score (nSPS) is 14.1. The second-order valence-electron chi connectivity index (χ2n) is 9.90. The Balaban J connectivity index is 7.69. The van der Waals surface area contributed by atoms with Crippen molar-refractivity contribution in [3.63, 3.8) is 0 Å². The fraction of sp³-hybridized carbons (Fsp3) is 0.955. The van der Waals surface area contributed by atoms with Crippen LogP contribution < -0.4 is 0 Å². The van der Waals surface area contributed by atoms with Crippen LogP contribution in [0.2, 0.25) is 0 Å². The minimum Gasteiger partial charge on any atom is -0.313 e. The van der Waals surface area contributed by atoms with E-state index in [4.69, 9.17) is 31.7 Å². The lowest BCUT2D eigenvalue weighted by Gasteiger charge is -2.36. The first kappa shape index (κ1) is 35.8. The summed E-state index contributed by atoms with van der Waals surface area (Å²) in [5.74, 6) is 0. The number of hydrogen-bond donors (Lipinski definition) is 0. The average molecular weight is 583 g/mol. The van der Waals surface area contributed by atoms with Crippen molar-refractivity contribution in [2.45, 2.75) is 140 Å². The largest absolute Gasteiger partial charge is 0.394 e. The van der Waals surface area contributed by atoms with Crippen LogP contribution in [0.15, 0.2) is 0 Å². The van der Waals surface area contributed by atoms with Crippen molar-refractivity contribution >= 4 is 37.7 Å². The first-order valence-electron chi connectivity index (χ1n) is 12.2. The summed E-state index contributed by atoms with van der Waals surface area (Å²) in [5.41, 5.74) is 0. The summed E-state index contributed by atoms with van der Waals surface area (Å²) in [7, 11) is -7.85. The highest BCUT2D eigenvalue weighted by molar-refractivity contribution is 8.68. The Kier molecular flexibility index (Phi) is 15.8. The molecule has 0 amide bonds. The molecule has 0 aliphatic carbocycles. The van der Waals surface area contributed by atoms with Gasteiger partial charge in [0.1, 0.15) is 0 Å². The SMILES string of the molecule is CC(C)OP(=O)(OC(C)C)SC(P(=O)(OC(C)C)OC(C)C)=P(OC(C)C)(OC(C)C)OC(C)C. The third kappa shape index (κ3) is 13.5. The summed E-state index contributed by atoms with van der Waals surface area (Å²) >= 11 is 0.662. The lowest BCUT2D eigenvalue weighted by atomic mass is 10.5. The molecule has 0 aliphatic rings. The van der Waals surface area contributed by atoms with Gasteiger partial charge in [-0.1, -0.05) is 0 Å². The minimum atomic E-state index is -4.19. The van der Waals surface area contributed by atoms with Crippen LogP contribution >= 0.6 is 33.3 Å². The van der Waals surface area contributed by atoms with Gasteiger partial charge in [-0.2, -0.15) is 0 Å². The number of hydrogen-bond acceptors (Lipinski definition) is 10. The summed E-state index contributed by atoms with van der Waals surface area (Å²) in [4.78, 5) is 0. The molecular weight excluding hydrogens is 533 g/mol. The van der Waals surface area contributed by atoms with E-state index in [2.05, 4.69) is 0 Å². The zero-order chi connectivity index (χ0) is 27.8. The lowest BCUT2D eigenvalue weighted by Crippen LogP contribution is -2.21. The maximum Gasteiger partial charge on any atom is 0.394 e. The van der Waals surface area contributed by atoms with Gasteiger partial charge in [-0.3, -0.25) is 13.6 Å². The molecule has 13 heteroatoms. The van der Waals surface area contributed by atoms with Crippen LogP contribution in [0.3, 0.4) is 0 Å². The Morgan fingerprint density at radius 1 is 0.457 bits per heavy atom. The van der Waals surface area contributed by atoms with Crippen LogP contribution in [-0.2, 0) is 40.8 Å². The maximum atomic E-state index is 14.6. The number of rotatable bonds is 17. The van der Waals surface area contributed by atoms with E-state index in [1.54, 1.807) is 55.4 Å². The molecule has 0 bridgehead atoms. The van der Waals surface area contributed by atoms with Crippen molar-refractivity contribution in [2.75, 3.05) is 0 Å². The molecule has 0 aromatic rings. The summed E-state index contributed by atoms with van der Waals surface area (Å²) in [6.07, 6.45) is -3.05. The van der Waals surface area contributed by atoms with Gasteiger partial charge < -0.3 is 22.6 Å². The summed E-state index contributed by atoms with van der Waals surface area (Å²) in [5, 5.41) is 0. The molecular formula is C22H49O9P3S. The molecule has 0 unspecified atom stereocenters. The zero-order valence-electron chi connectivity index (χ0n) is 24.0. The van der Waals surface area contributed by atoms with E-state index in [0.717, 1.165) is 0 Å². The molecule has 0 rings (SSSR count). The van der Waals surface area contributed by atoms with Crippen LogP contribution in [0.1, 0.15) is 96.9 Å². The van der Waals surface area contributed by atoms with E-state index in [1.807, 2.05) is 41.5 Å². The van der Waals surface area contributed by atoms with Gasteiger partial charge in [0, 0.05) is 11.4 Å². The molecule has 0 atom stereocenters. The highest BCUT2D eigenvalue weighted by Crippen LogP contribution is 2.76. The van der Waals surface area contributed by atoms with Crippen LogP contribution in [-0.4, -0.2) is 47.1 Å². The van der Waals surface area contributed by atoms with Gasteiger partial charge in [-0.15, -0.1) is 0 Å². The monoisotopic (exact) mass is 582 g/mol. The predicted molar refractivity (Wildman–Crippen MR) is 148 cm³/mol. The van der Waals surface area contributed by atoms with E-state index >= 15 is 0 Å². The van der Waals surface area contributed by atoms with Crippen molar-refractivity contribution in [1.82, 2.24) is 0 Å². The quantitative estimate of drug-likeness (QED) is 0.155. The van der Waals surface area contributed by atoms with Crippen LogP contribution in [0, 0.1) is 0 Å². The Labute approximate surface area is 218 Å². The van der Waals surface area contributed by atoms with Gasteiger partial charge in [-0.05, 0) is 96.9 Å². The first-order chi connectivity index (χ1) is 15.8. The van der Waals surface area contributed by atoms with Crippen molar-refractivity contribution < 1.29 is 40.8 Å². The van der Waals surface area contributed by atoms with Gasteiger partial charge in [0.15, 0.2) is 4.37 Å². The van der Waals surface area contributed by atoms with E-state index < -0.39 is 46.4 Å². The average Bonchev–Trinajstić information content (AvgIpc) is 2.54. The maximum absolute atomic E-state index is 14.6. The van der Waals surface area contributed by atoms with E-state index in [0.29, 0.717) is 11.4 Å². The molecule has 212 valence electrons. The van der Waals surface area contributed by atoms with Crippen molar-refractivity contribution in [3.05, 3.63) is 0 Å². The zero-order valence-corrected chi connectivity index (χ0v) is 27.5. The van der Waals surface area contributed by atoms with E-state index in [-0.39, 0.29) is 22.7 Å². The molecule has 0 aromatic heterocycles. The highest BCUT2D eigenvalue weighted by Gasteiger charge is 2.50. The molecule has 0 N–H and O–H groups in total. The molecule has 0 aromatic carbocycles.